The van der Waals surface area contributed by atoms with Gasteiger partial charge in [0, 0.05) is 43.8 Å². The molecule has 1 aliphatic carbocycles. The predicted molar refractivity (Wildman–Crippen MR) is 124 cm³/mol. The number of nitrogens with one attached hydrogen (secondary N) is 1. The van der Waals surface area contributed by atoms with E-state index in [2.05, 4.69) is 58.7 Å². The fourth-order valence-corrected chi connectivity index (χ4v) is 5.05. The predicted octanol–water partition coefficient (Wildman–Crippen LogP) is 4.04. The molecule has 31 heavy (non-hydrogen) atoms. The summed E-state index contributed by atoms with van der Waals surface area (Å²) >= 11 is 0. The summed E-state index contributed by atoms with van der Waals surface area (Å²) in [6, 6.07) is 19.9. The van der Waals surface area contributed by atoms with Gasteiger partial charge in [-0.15, -0.1) is 0 Å². The van der Waals surface area contributed by atoms with Gasteiger partial charge < -0.3 is 19.9 Å². The van der Waals surface area contributed by atoms with E-state index in [9.17, 15) is 4.79 Å². The van der Waals surface area contributed by atoms with Crippen LogP contribution in [0.15, 0.2) is 54.6 Å². The van der Waals surface area contributed by atoms with Crippen LogP contribution in [0.1, 0.15) is 36.3 Å². The van der Waals surface area contributed by atoms with Crippen molar-refractivity contribution >= 4 is 11.7 Å². The minimum absolute atomic E-state index is 0.121. The van der Waals surface area contributed by atoms with Crippen LogP contribution < -0.4 is 10.2 Å². The smallest absolute Gasteiger partial charge is 0.317 e. The lowest BCUT2D eigenvalue weighted by Crippen LogP contribution is -2.45. The van der Waals surface area contributed by atoms with E-state index < -0.39 is 0 Å². The van der Waals surface area contributed by atoms with Crippen LogP contribution in [0.3, 0.4) is 0 Å². The molecular weight excluding hydrogens is 386 g/mol. The molecule has 0 spiro atoms. The number of hydrogen-bond acceptors (Lipinski definition) is 3. The number of ether oxygens (including phenoxy) is 1. The highest BCUT2D eigenvalue weighted by molar-refractivity contribution is 5.75. The summed E-state index contributed by atoms with van der Waals surface area (Å²) in [7, 11) is 0. The molecule has 0 aromatic heterocycles. The number of benzene rings is 2. The zero-order valence-corrected chi connectivity index (χ0v) is 18.2. The molecule has 3 fully saturated rings. The van der Waals surface area contributed by atoms with Crippen molar-refractivity contribution in [3.8, 4) is 0 Å². The molecule has 2 heterocycles. The van der Waals surface area contributed by atoms with Gasteiger partial charge in [0.05, 0.1) is 13.2 Å². The quantitative estimate of drug-likeness (QED) is 0.795. The normalized spacial score (nSPS) is 24.1. The third-order valence-corrected chi connectivity index (χ3v) is 7.04. The van der Waals surface area contributed by atoms with Gasteiger partial charge in [-0.25, -0.2) is 4.79 Å². The summed E-state index contributed by atoms with van der Waals surface area (Å²) in [6.45, 7) is 5.31. The Balaban J connectivity index is 1.08. The Hall–Kier alpha value is -2.53. The lowest BCUT2D eigenvalue weighted by atomic mass is 9.90. The number of carbonyl (C=O) groups is 1. The van der Waals surface area contributed by atoms with Crippen molar-refractivity contribution in [2.75, 3.05) is 44.3 Å². The van der Waals surface area contributed by atoms with Gasteiger partial charge in [-0.2, -0.15) is 0 Å². The number of likely N-dealkylation sites (tertiary alicyclic amines) is 1. The molecule has 5 nitrogen and oxygen atoms in total. The summed E-state index contributed by atoms with van der Waals surface area (Å²) in [5.74, 6) is 1.14. The van der Waals surface area contributed by atoms with E-state index in [0.717, 1.165) is 65.1 Å². The fourth-order valence-electron chi connectivity index (χ4n) is 5.05. The Labute approximate surface area is 185 Å². The van der Waals surface area contributed by atoms with Crippen LogP contribution in [0.5, 0.6) is 0 Å². The van der Waals surface area contributed by atoms with E-state index in [4.69, 9.17) is 4.74 Å². The maximum absolute atomic E-state index is 12.7. The molecule has 3 aliphatic rings. The first-order chi connectivity index (χ1) is 15.3. The first-order valence-corrected chi connectivity index (χ1v) is 11.8. The van der Waals surface area contributed by atoms with Crippen LogP contribution in [-0.2, 0) is 11.2 Å². The second-order valence-electron chi connectivity index (χ2n) is 9.21. The van der Waals surface area contributed by atoms with Gasteiger partial charge in [0.25, 0.3) is 0 Å². The molecule has 1 saturated carbocycles. The number of urea groups is 1. The van der Waals surface area contributed by atoms with Crippen LogP contribution in [0.2, 0.25) is 0 Å². The summed E-state index contributed by atoms with van der Waals surface area (Å²) in [6.07, 6.45) is 4.34. The topological polar surface area (TPSA) is 44.8 Å². The van der Waals surface area contributed by atoms with Crippen LogP contribution >= 0.6 is 0 Å². The zero-order chi connectivity index (χ0) is 21.0. The maximum atomic E-state index is 12.7. The summed E-state index contributed by atoms with van der Waals surface area (Å²) in [5, 5.41) is 3.25. The van der Waals surface area contributed by atoms with Crippen molar-refractivity contribution in [2.24, 2.45) is 5.92 Å². The highest BCUT2D eigenvalue weighted by Crippen LogP contribution is 2.40. The third kappa shape index (κ3) is 5.04. The molecule has 0 bridgehead atoms. The van der Waals surface area contributed by atoms with Crippen molar-refractivity contribution in [3.05, 3.63) is 65.7 Å². The Bertz CT molecular complexity index is 873. The monoisotopic (exact) mass is 419 g/mol. The molecule has 2 amide bonds. The van der Waals surface area contributed by atoms with E-state index >= 15 is 0 Å². The Kier molecular flexibility index (Phi) is 6.12. The Morgan fingerprint density at radius 3 is 2.52 bits per heavy atom. The lowest BCUT2D eigenvalue weighted by Gasteiger charge is -2.32. The number of morpholine rings is 1. The highest BCUT2D eigenvalue weighted by Gasteiger charge is 2.40. The minimum Gasteiger partial charge on any atom is -0.378 e. The number of hydrogen-bond donors (Lipinski definition) is 1. The molecule has 2 aromatic rings. The number of nitrogens with zero attached hydrogens (tertiary/aromatic N) is 2. The number of anilines is 1. The number of piperidine rings is 1. The molecule has 2 saturated heterocycles. The summed E-state index contributed by atoms with van der Waals surface area (Å²) < 4.78 is 5.48. The molecule has 5 heteroatoms. The van der Waals surface area contributed by atoms with Gasteiger partial charge in [-0.3, -0.25) is 0 Å². The molecule has 0 radical (unpaired) electrons. The van der Waals surface area contributed by atoms with Crippen LogP contribution in [-0.4, -0.2) is 56.4 Å². The first kappa shape index (κ1) is 20.4. The van der Waals surface area contributed by atoms with Gasteiger partial charge in [-0.1, -0.05) is 42.5 Å². The largest absolute Gasteiger partial charge is 0.378 e. The van der Waals surface area contributed by atoms with Gasteiger partial charge in [0.15, 0.2) is 0 Å². The zero-order valence-electron chi connectivity index (χ0n) is 18.2. The van der Waals surface area contributed by atoms with Crippen molar-refractivity contribution in [1.82, 2.24) is 10.2 Å². The average molecular weight is 420 g/mol. The van der Waals surface area contributed by atoms with Crippen LogP contribution in [0, 0.1) is 5.92 Å². The number of carbonyl (C=O) groups excluding carboxylic acids is 1. The Morgan fingerprint density at radius 1 is 0.968 bits per heavy atom. The van der Waals surface area contributed by atoms with E-state index in [1.165, 1.54) is 16.8 Å². The van der Waals surface area contributed by atoms with Crippen molar-refractivity contribution in [1.29, 1.82) is 0 Å². The average Bonchev–Trinajstić information content (AvgIpc) is 3.60. The molecule has 1 N–H and O–H groups in total. The SMILES string of the molecule is O=C(NC1CC1c1ccccc1)N1CCC(Cc2cccc(N3CCOCC3)c2)CC1. The summed E-state index contributed by atoms with van der Waals surface area (Å²) in [5.41, 5.74) is 4.07. The van der Waals surface area contributed by atoms with Crippen LogP contribution in [0.25, 0.3) is 0 Å². The van der Waals surface area contributed by atoms with E-state index in [-0.39, 0.29) is 6.03 Å². The fraction of sp³-hybridized carbons (Fsp3) is 0.500. The standard InChI is InChI=1S/C26H33N3O2/c30-26(27-25-19-24(25)22-6-2-1-3-7-22)29-11-9-20(10-12-29)17-21-5-4-8-23(18-21)28-13-15-31-16-14-28/h1-8,18,20,24-25H,9-17,19H2,(H,27,30). The molecule has 2 aromatic carbocycles. The number of amides is 2. The second-order valence-corrected chi connectivity index (χ2v) is 9.21. The van der Waals surface area contributed by atoms with Crippen molar-refractivity contribution < 1.29 is 9.53 Å². The van der Waals surface area contributed by atoms with Gasteiger partial charge in [-0.05, 0) is 54.9 Å². The van der Waals surface area contributed by atoms with Crippen molar-refractivity contribution in [3.63, 3.8) is 0 Å². The van der Waals surface area contributed by atoms with E-state index in [1.54, 1.807) is 0 Å². The Morgan fingerprint density at radius 2 is 1.74 bits per heavy atom. The first-order valence-electron chi connectivity index (χ1n) is 11.8. The molecule has 164 valence electrons. The molecule has 5 rings (SSSR count). The van der Waals surface area contributed by atoms with E-state index in [1.807, 2.05) is 11.0 Å². The maximum Gasteiger partial charge on any atom is 0.317 e. The van der Waals surface area contributed by atoms with Gasteiger partial charge >= 0.3 is 6.03 Å². The molecule has 2 unspecified atom stereocenters. The van der Waals surface area contributed by atoms with Gasteiger partial charge in [0.1, 0.15) is 0 Å². The third-order valence-electron chi connectivity index (χ3n) is 7.04. The molecular formula is C26H33N3O2. The number of rotatable bonds is 5. The minimum atomic E-state index is 0.121. The molecule has 2 aliphatic heterocycles. The molecule has 2 atom stereocenters. The lowest BCUT2D eigenvalue weighted by molar-refractivity contribution is 0.122. The highest BCUT2D eigenvalue weighted by atomic mass is 16.5. The van der Waals surface area contributed by atoms with E-state index in [0.29, 0.717) is 17.9 Å². The van der Waals surface area contributed by atoms with Crippen LogP contribution in [0.4, 0.5) is 10.5 Å². The van der Waals surface area contributed by atoms with Gasteiger partial charge in [0.2, 0.25) is 0 Å². The summed E-state index contributed by atoms with van der Waals surface area (Å²) in [4.78, 5) is 17.1. The second kappa shape index (κ2) is 9.31. The van der Waals surface area contributed by atoms with Crippen molar-refractivity contribution in [2.45, 2.75) is 37.6 Å².